The summed E-state index contributed by atoms with van der Waals surface area (Å²) in [5.41, 5.74) is 2.89. The number of amides is 2. The molecule has 2 heterocycles. The lowest BCUT2D eigenvalue weighted by atomic mass is 10.1. The Bertz CT molecular complexity index is 1270. The molecule has 0 saturated carbocycles. The van der Waals surface area contributed by atoms with Gasteiger partial charge in [-0.15, -0.1) is 21.5 Å². The van der Waals surface area contributed by atoms with Crippen molar-refractivity contribution >= 4 is 49.8 Å². The van der Waals surface area contributed by atoms with Gasteiger partial charge in [0.15, 0.2) is 0 Å². The van der Waals surface area contributed by atoms with Gasteiger partial charge in [0.25, 0.3) is 0 Å². The van der Waals surface area contributed by atoms with Crippen LogP contribution in [0.3, 0.4) is 0 Å². The highest BCUT2D eigenvalue weighted by Crippen LogP contribution is 2.33. The quantitative estimate of drug-likeness (QED) is 0.435. The zero-order valence-electron chi connectivity index (χ0n) is 16.1. The second kappa shape index (κ2) is 9.01. The van der Waals surface area contributed by atoms with Crippen LogP contribution >= 0.6 is 22.7 Å². The molecule has 164 valence electrons. The number of halogens is 3. The molecule has 0 fully saturated rings. The standard InChI is InChI=1S/C20H14F3N5O2S2/c21-20(22,23)18-27-28-19(32-18)26-16(30)10-24-15(29)9-17-25-13-7-6-12(8-14(13)31-17)11-4-2-1-3-5-11/h1-8H,9-10H2,(H,24,29)(H,26,28,30). The fourth-order valence-corrected chi connectivity index (χ4v) is 4.42. The zero-order chi connectivity index (χ0) is 22.7. The Hall–Kier alpha value is -3.38. The van der Waals surface area contributed by atoms with Crippen LogP contribution in [0.5, 0.6) is 0 Å². The number of carbonyl (C=O) groups is 2. The molecule has 4 aromatic rings. The SMILES string of the molecule is O=C(Cc1nc2ccc(-c3ccccc3)cc2s1)NCC(=O)Nc1nnc(C(F)(F)F)s1. The molecule has 2 aromatic heterocycles. The molecule has 2 N–H and O–H groups in total. The molecule has 0 bridgehead atoms. The van der Waals surface area contributed by atoms with E-state index in [9.17, 15) is 22.8 Å². The molecule has 32 heavy (non-hydrogen) atoms. The lowest BCUT2D eigenvalue weighted by Crippen LogP contribution is -2.33. The van der Waals surface area contributed by atoms with Crippen LogP contribution in [0.1, 0.15) is 10.0 Å². The van der Waals surface area contributed by atoms with E-state index in [-0.39, 0.29) is 22.9 Å². The number of alkyl halides is 3. The fraction of sp³-hybridized carbons (Fsp3) is 0.150. The number of hydrogen-bond acceptors (Lipinski definition) is 7. The van der Waals surface area contributed by atoms with Crippen molar-refractivity contribution in [1.82, 2.24) is 20.5 Å². The minimum absolute atomic E-state index is 0.0235. The minimum Gasteiger partial charge on any atom is -0.347 e. The topological polar surface area (TPSA) is 96.9 Å². The number of rotatable bonds is 6. The Balaban J connectivity index is 1.32. The highest BCUT2D eigenvalue weighted by molar-refractivity contribution is 7.18. The molecule has 0 unspecified atom stereocenters. The lowest BCUT2D eigenvalue weighted by Gasteiger charge is -2.03. The molecule has 0 spiro atoms. The van der Waals surface area contributed by atoms with Gasteiger partial charge in [-0.2, -0.15) is 13.2 Å². The van der Waals surface area contributed by atoms with Crippen molar-refractivity contribution in [3.05, 3.63) is 58.5 Å². The smallest absolute Gasteiger partial charge is 0.347 e. The van der Waals surface area contributed by atoms with Gasteiger partial charge in [-0.1, -0.05) is 47.7 Å². The average Bonchev–Trinajstić information content (AvgIpc) is 3.38. The van der Waals surface area contributed by atoms with E-state index in [0.717, 1.165) is 21.3 Å². The molecule has 2 amide bonds. The predicted octanol–water partition coefficient (Wildman–Crippen LogP) is 4.13. The van der Waals surface area contributed by atoms with Gasteiger partial charge in [-0.25, -0.2) is 4.98 Å². The lowest BCUT2D eigenvalue weighted by molar-refractivity contribution is -0.138. The van der Waals surface area contributed by atoms with Crippen LogP contribution < -0.4 is 10.6 Å². The summed E-state index contributed by atoms with van der Waals surface area (Å²) in [6.45, 7) is -0.414. The summed E-state index contributed by atoms with van der Waals surface area (Å²) < 4.78 is 38.5. The van der Waals surface area contributed by atoms with Gasteiger partial charge in [-0.05, 0) is 23.3 Å². The summed E-state index contributed by atoms with van der Waals surface area (Å²) in [5, 5.41) is 9.96. The average molecular weight is 477 g/mol. The van der Waals surface area contributed by atoms with E-state index in [0.29, 0.717) is 5.01 Å². The monoisotopic (exact) mass is 477 g/mol. The Morgan fingerprint density at radius 1 is 0.938 bits per heavy atom. The highest BCUT2D eigenvalue weighted by Gasteiger charge is 2.35. The summed E-state index contributed by atoms with van der Waals surface area (Å²) >= 11 is 1.59. The first-order valence-corrected chi connectivity index (χ1v) is 10.8. The van der Waals surface area contributed by atoms with E-state index < -0.39 is 29.5 Å². The van der Waals surface area contributed by atoms with Crippen molar-refractivity contribution in [2.75, 3.05) is 11.9 Å². The van der Waals surface area contributed by atoms with Gasteiger partial charge >= 0.3 is 6.18 Å². The van der Waals surface area contributed by atoms with Crippen LogP contribution in [0.15, 0.2) is 48.5 Å². The number of hydrogen-bond donors (Lipinski definition) is 2. The van der Waals surface area contributed by atoms with Gasteiger partial charge in [-0.3, -0.25) is 14.9 Å². The summed E-state index contributed by atoms with van der Waals surface area (Å²) in [6.07, 6.45) is -4.65. The van der Waals surface area contributed by atoms with Crippen molar-refractivity contribution in [1.29, 1.82) is 0 Å². The van der Waals surface area contributed by atoms with Crippen LogP contribution in [0, 0.1) is 0 Å². The zero-order valence-corrected chi connectivity index (χ0v) is 17.8. The molecule has 0 aliphatic carbocycles. The second-order valence-electron chi connectivity index (χ2n) is 6.57. The van der Waals surface area contributed by atoms with E-state index in [1.165, 1.54) is 11.3 Å². The van der Waals surface area contributed by atoms with Gasteiger partial charge in [0.2, 0.25) is 22.0 Å². The third kappa shape index (κ3) is 5.26. The van der Waals surface area contributed by atoms with E-state index in [1.54, 1.807) is 0 Å². The van der Waals surface area contributed by atoms with Crippen LogP contribution in [-0.4, -0.2) is 33.5 Å². The molecule has 2 aromatic carbocycles. The Kier molecular flexibility index (Phi) is 6.15. The van der Waals surface area contributed by atoms with Gasteiger partial charge < -0.3 is 5.32 Å². The molecular weight excluding hydrogens is 463 g/mol. The third-order valence-corrected chi connectivity index (χ3v) is 6.11. The number of nitrogens with zero attached hydrogens (tertiary/aromatic N) is 3. The van der Waals surface area contributed by atoms with Gasteiger partial charge in [0.05, 0.1) is 23.2 Å². The molecule has 7 nitrogen and oxygen atoms in total. The van der Waals surface area contributed by atoms with Crippen LogP contribution in [0.25, 0.3) is 21.3 Å². The normalized spacial score (nSPS) is 11.5. The van der Waals surface area contributed by atoms with Crippen LogP contribution in [-0.2, 0) is 22.2 Å². The second-order valence-corrected chi connectivity index (χ2v) is 8.66. The number of benzene rings is 2. The largest absolute Gasteiger partial charge is 0.445 e. The summed E-state index contributed by atoms with van der Waals surface area (Å²) in [5.74, 6) is -1.14. The van der Waals surface area contributed by atoms with E-state index in [4.69, 9.17) is 0 Å². The number of fused-ring (bicyclic) bond motifs is 1. The number of carbonyl (C=O) groups excluding carboxylic acids is 2. The first-order valence-electron chi connectivity index (χ1n) is 9.20. The van der Waals surface area contributed by atoms with Crippen molar-refractivity contribution in [3.63, 3.8) is 0 Å². The van der Waals surface area contributed by atoms with E-state index in [1.807, 2.05) is 48.5 Å². The van der Waals surface area contributed by atoms with Crippen molar-refractivity contribution < 1.29 is 22.8 Å². The fourth-order valence-electron chi connectivity index (χ4n) is 2.79. The maximum atomic E-state index is 12.5. The molecule has 0 aliphatic rings. The third-order valence-electron chi connectivity index (χ3n) is 4.21. The first-order chi connectivity index (χ1) is 15.3. The summed E-state index contributed by atoms with van der Waals surface area (Å²) in [6, 6.07) is 15.7. The first kappa shape index (κ1) is 21.8. The molecular formula is C20H14F3N5O2S2. The van der Waals surface area contributed by atoms with Crippen molar-refractivity contribution in [2.45, 2.75) is 12.6 Å². The maximum absolute atomic E-state index is 12.5. The number of nitrogens with one attached hydrogen (secondary N) is 2. The number of anilines is 1. The molecule has 0 atom stereocenters. The van der Waals surface area contributed by atoms with Crippen LogP contribution in [0.4, 0.5) is 18.3 Å². The van der Waals surface area contributed by atoms with Crippen molar-refractivity contribution in [2.24, 2.45) is 0 Å². The van der Waals surface area contributed by atoms with E-state index in [2.05, 4.69) is 25.8 Å². The van der Waals surface area contributed by atoms with Gasteiger partial charge in [0.1, 0.15) is 5.01 Å². The van der Waals surface area contributed by atoms with Crippen molar-refractivity contribution in [3.8, 4) is 11.1 Å². The maximum Gasteiger partial charge on any atom is 0.445 e. The molecule has 0 radical (unpaired) electrons. The number of thiazole rings is 1. The molecule has 12 heteroatoms. The highest BCUT2D eigenvalue weighted by atomic mass is 32.1. The summed E-state index contributed by atoms with van der Waals surface area (Å²) in [4.78, 5) is 28.5. The predicted molar refractivity (Wildman–Crippen MR) is 115 cm³/mol. The summed E-state index contributed by atoms with van der Waals surface area (Å²) in [7, 11) is 0. The Morgan fingerprint density at radius 3 is 2.44 bits per heavy atom. The van der Waals surface area contributed by atoms with Gasteiger partial charge in [0, 0.05) is 0 Å². The van der Waals surface area contributed by atoms with E-state index >= 15 is 0 Å². The minimum atomic E-state index is -4.63. The van der Waals surface area contributed by atoms with Crippen LogP contribution in [0.2, 0.25) is 0 Å². The number of aromatic nitrogens is 3. The Morgan fingerprint density at radius 2 is 1.72 bits per heavy atom. The molecule has 0 aliphatic heterocycles. The molecule has 0 saturated heterocycles. The Labute approximate surface area is 187 Å². The molecule has 4 rings (SSSR count).